The maximum atomic E-state index is 14.3. The Balaban J connectivity index is 1.33. The molecule has 3 aromatic rings. The predicted octanol–water partition coefficient (Wildman–Crippen LogP) is 3.71. The van der Waals surface area contributed by atoms with E-state index in [1.165, 1.54) is 4.90 Å². The molecule has 1 saturated carbocycles. The summed E-state index contributed by atoms with van der Waals surface area (Å²) in [6, 6.07) is 7.15. The summed E-state index contributed by atoms with van der Waals surface area (Å²) in [5, 5.41) is 9.11. The van der Waals surface area contributed by atoms with Crippen molar-refractivity contribution >= 4 is 16.8 Å². The number of nitrogens with one attached hydrogen (secondary N) is 1. The number of halogens is 2. The van der Waals surface area contributed by atoms with Gasteiger partial charge in [0.05, 0.1) is 12.6 Å². The molecule has 6 nitrogen and oxygen atoms in total. The molecule has 1 atom stereocenters. The van der Waals surface area contributed by atoms with Gasteiger partial charge in [0.2, 0.25) is 5.91 Å². The standard InChI is InChI=1S/C21H23F2N5O/c22-21(23)9-18(20-26-25-13-27(20)11-14-5-6-14)28(12-21)19(29)8-7-15-10-24-17-4-2-1-3-16(15)17/h1-4,10,13-14,18,24H,5-9,11-12H2/t18-/m0/s1. The van der Waals surface area contributed by atoms with Crippen LogP contribution in [0.3, 0.4) is 0 Å². The molecule has 0 bridgehead atoms. The first kappa shape index (κ1) is 18.3. The summed E-state index contributed by atoms with van der Waals surface area (Å²) >= 11 is 0. The summed E-state index contributed by atoms with van der Waals surface area (Å²) in [5.74, 6) is -2.12. The maximum absolute atomic E-state index is 14.3. The highest BCUT2D eigenvalue weighted by Crippen LogP contribution is 2.41. The van der Waals surface area contributed by atoms with E-state index >= 15 is 0 Å². The Kier molecular flexibility index (Phi) is 4.37. The lowest BCUT2D eigenvalue weighted by Gasteiger charge is -2.23. The highest BCUT2D eigenvalue weighted by Gasteiger charge is 2.49. The van der Waals surface area contributed by atoms with Crippen molar-refractivity contribution in [3.63, 3.8) is 0 Å². The minimum atomic E-state index is -2.91. The number of fused-ring (bicyclic) bond motifs is 1. The molecule has 1 aliphatic heterocycles. The van der Waals surface area contributed by atoms with Crippen molar-refractivity contribution in [2.45, 2.75) is 50.6 Å². The minimum absolute atomic E-state index is 0.186. The first-order valence-corrected chi connectivity index (χ1v) is 10.1. The zero-order valence-electron chi connectivity index (χ0n) is 16.0. The van der Waals surface area contributed by atoms with Crippen LogP contribution in [0.1, 0.15) is 43.1 Å². The lowest BCUT2D eigenvalue weighted by Crippen LogP contribution is -2.34. The van der Waals surface area contributed by atoms with Crippen molar-refractivity contribution < 1.29 is 13.6 Å². The number of alkyl halides is 2. The second-order valence-corrected chi connectivity index (χ2v) is 8.24. The van der Waals surface area contributed by atoms with Gasteiger partial charge in [-0.25, -0.2) is 8.78 Å². The number of H-pyrrole nitrogens is 1. The van der Waals surface area contributed by atoms with Crippen LogP contribution in [-0.2, 0) is 17.8 Å². The van der Waals surface area contributed by atoms with E-state index in [2.05, 4.69) is 15.2 Å². The first-order chi connectivity index (χ1) is 14.0. The molecule has 29 heavy (non-hydrogen) atoms. The van der Waals surface area contributed by atoms with Crippen LogP contribution < -0.4 is 0 Å². The molecule has 8 heteroatoms. The van der Waals surface area contributed by atoms with Gasteiger partial charge >= 0.3 is 0 Å². The lowest BCUT2D eigenvalue weighted by molar-refractivity contribution is -0.133. The zero-order chi connectivity index (χ0) is 20.0. The quantitative estimate of drug-likeness (QED) is 0.687. The third kappa shape index (κ3) is 3.63. The number of aromatic nitrogens is 4. The number of carbonyl (C=O) groups excluding carboxylic acids is 1. The van der Waals surface area contributed by atoms with Gasteiger partial charge in [-0.3, -0.25) is 4.79 Å². The molecule has 2 aromatic heterocycles. The molecule has 1 aliphatic carbocycles. The second kappa shape index (κ2) is 6.93. The van der Waals surface area contributed by atoms with Crippen molar-refractivity contribution in [2.24, 2.45) is 5.92 Å². The van der Waals surface area contributed by atoms with Crippen LogP contribution in [0.4, 0.5) is 8.78 Å². The van der Waals surface area contributed by atoms with Gasteiger partial charge in [-0.05, 0) is 36.8 Å². The number of benzene rings is 1. The van der Waals surface area contributed by atoms with E-state index in [0.29, 0.717) is 18.2 Å². The SMILES string of the molecule is O=C(CCc1c[nH]c2ccccc12)N1CC(F)(F)C[C@H]1c1nncn1CC1CC1. The number of likely N-dealkylation sites (tertiary alicyclic amines) is 1. The van der Waals surface area contributed by atoms with Gasteiger partial charge in [-0.1, -0.05) is 18.2 Å². The second-order valence-electron chi connectivity index (χ2n) is 8.24. The van der Waals surface area contributed by atoms with Gasteiger partial charge in [-0.15, -0.1) is 10.2 Å². The van der Waals surface area contributed by atoms with Crippen molar-refractivity contribution in [3.8, 4) is 0 Å². The average Bonchev–Trinajstić information content (AvgIpc) is 3.11. The van der Waals surface area contributed by atoms with E-state index in [9.17, 15) is 13.6 Å². The van der Waals surface area contributed by atoms with Gasteiger partial charge < -0.3 is 14.5 Å². The normalized spacial score (nSPS) is 21.2. The van der Waals surface area contributed by atoms with Crippen LogP contribution in [-0.4, -0.2) is 43.0 Å². The predicted molar refractivity (Wildman–Crippen MR) is 103 cm³/mol. The number of nitrogens with zero attached hydrogens (tertiary/aromatic N) is 4. The number of para-hydroxylation sites is 1. The van der Waals surface area contributed by atoms with Gasteiger partial charge in [0.25, 0.3) is 5.92 Å². The number of rotatable bonds is 6. The van der Waals surface area contributed by atoms with Crippen molar-refractivity contribution in [1.29, 1.82) is 0 Å². The fourth-order valence-corrected chi connectivity index (χ4v) is 4.27. The number of aryl methyl sites for hydroxylation is 1. The molecular formula is C21H23F2N5O. The van der Waals surface area contributed by atoms with E-state index < -0.39 is 24.9 Å². The van der Waals surface area contributed by atoms with Crippen LogP contribution in [0.2, 0.25) is 0 Å². The Bertz CT molecular complexity index is 1040. The van der Waals surface area contributed by atoms with Crippen LogP contribution in [0.15, 0.2) is 36.8 Å². The Morgan fingerprint density at radius 1 is 1.28 bits per heavy atom. The number of aromatic amines is 1. The Morgan fingerprint density at radius 2 is 2.10 bits per heavy atom. The highest BCUT2D eigenvalue weighted by atomic mass is 19.3. The van der Waals surface area contributed by atoms with E-state index in [0.717, 1.165) is 35.9 Å². The van der Waals surface area contributed by atoms with Crippen molar-refractivity contribution in [3.05, 3.63) is 48.2 Å². The largest absolute Gasteiger partial charge is 0.361 e. The van der Waals surface area contributed by atoms with Crippen molar-refractivity contribution in [1.82, 2.24) is 24.6 Å². The molecule has 1 N–H and O–H groups in total. The molecule has 0 radical (unpaired) electrons. The maximum Gasteiger partial charge on any atom is 0.267 e. The third-order valence-corrected chi connectivity index (χ3v) is 5.97. The van der Waals surface area contributed by atoms with Gasteiger partial charge in [0.15, 0.2) is 5.82 Å². The topological polar surface area (TPSA) is 66.8 Å². The smallest absolute Gasteiger partial charge is 0.267 e. The van der Waals surface area contributed by atoms with Crippen molar-refractivity contribution in [2.75, 3.05) is 6.54 Å². The molecule has 5 rings (SSSR count). The summed E-state index contributed by atoms with van der Waals surface area (Å²) in [6.45, 7) is 0.183. The summed E-state index contributed by atoms with van der Waals surface area (Å²) in [5.41, 5.74) is 2.03. The molecule has 2 aliphatic rings. The number of hydrogen-bond acceptors (Lipinski definition) is 3. The molecule has 0 unspecified atom stereocenters. The summed E-state index contributed by atoms with van der Waals surface area (Å²) in [6.07, 6.45) is 6.07. The van der Waals surface area contributed by atoms with Gasteiger partial charge in [-0.2, -0.15) is 0 Å². The molecule has 3 heterocycles. The fraction of sp³-hybridized carbons (Fsp3) is 0.476. The first-order valence-electron chi connectivity index (χ1n) is 10.1. The highest BCUT2D eigenvalue weighted by molar-refractivity contribution is 5.84. The van der Waals surface area contributed by atoms with Crippen LogP contribution in [0.5, 0.6) is 0 Å². The molecule has 152 valence electrons. The summed E-state index contributed by atoms with van der Waals surface area (Å²) in [4.78, 5) is 17.4. The minimum Gasteiger partial charge on any atom is -0.361 e. The van der Waals surface area contributed by atoms with E-state index in [1.54, 1.807) is 6.33 Å². The molecule has 1 saturated heterocycles. The Hall–Kier alpha value is -2.77. The number of amides is 1. The molecular weight excluding hydrogens is 376 g/mol. The van der Waals surface area contributed by atoms with E-state index in [-0.39, 0.29) is 12.3 Å². The Morgan fingerprint density at radius 3 is 2.93 bits per heavy atom. The average molecular weight is 399 g/mol. The van der Waals surface area contributed by atoms with Crippen LogP contribution >= 0.6 is 0 Å². The molecule has 2 fully saturated rings. The van der Waals surface area contributed by atoms with Crippen LogP contribution in [0, 0.1) is 5.92 Å². The third-order valence-electron chi connectivity index (χ3n) is 5.97. The summed E-state index contributed by atoms with van der Waals surface area (Å²) < 4.78 is 30.4. The molecule has 1 aromatic carbocycles. The number of hydrogen-bond donors (Lipinski definition) is 1. The number of carbonyl (C=O) groups is 1. The lowest BCUT2D eigenvalue weighted by atomic mass is 10.1. The molecule has 0 spiro atoms. The zero-order valence-corrected chi connectivity index (χ0v) is 16.0. The van der Waals surface area contributed by atoms with Gasteiger partial charge in [0, 0.05) is 36.5 Å². The van der Waals surface area contributed by atoms with Crippen LogP contribution in [0.25, 0.3) is 10.9 Å². The summed E-state index contributed by atoms with van der Waals surface area (Å²) in [7, 11) is 0. The fourth-order valence-electron chi connectivity index (χ4n) is 4.27. The van der Waals surface area contributed by atoms with Gasteiger partial charge in [0.1, 0.15) is 6.33 Å². The molecule has 1 amide bonds. The Labute approximate surface area is 166 Å². The monoisotopic (exact) mass is 399 g/mol. The van der Waals surface area contributed by atoms with E-state index in [4.69, 9.17) is 0 Å². The van der Waals surface area contributed by atoms with E-state index in [1.807, 2.05) is 35.0 Å².